The van der Waals surface area contributed by atoms with E-state index < -0.39 is 28.6 Å². The van der Waals surface area contributed by atoms with E-state index in [2.05, 4.69) is 10.1 Å². The zero-order valence-corrected chi connectivity index (χ0v) is 15.6. The number of nitro benzene ring substituents is 1. The Morgan fingerprint density at radius 1 is 1.14 bits per heavy atom. The standard InChI is InChI=1S/C19H20N2O7/c1-12(18(22)20-11-13-4-7-15(26-2)8-5-13)28-17-9-6-14(19(23)27-3)10-16(17)21(24)25/h4-10,12H,11H2,1-3H3,(H,20,22)/t12-/m0/s1. The first kappa shape index (κ1) is 20.7. The molecule has 0 heterocycles. The maximum Gasteiger partial charge on any atom is 0.338 e. The molecule has 1 N–H and O–H groups in total. The Hall–Kier alpha value is -3.62. The van der Waals surface area contributed by atoms with Crippen molar-refractivity contribution in [2.24, 2.45) is 0 Å². The summed E-state index contributed by atoms with van der Waals surface area (Å²) in [6, 6.07) is 10.8. The van der Waals surface area contributed by atoms with Gasteiger partial charge in [0.15, 0.2) is 11.9 Å². The molecule has 1 atom stereocenters. The second-order valence-electron chi connectivity index (χ2n) is 5.76. The Kier molecular flexibility index (Phi) is 6.91. The summed E-state index contributed by atoms with van der Waals surface area (Å²) in [5.41, 5.74) is 0.436. The van der Waals surface area contributed by atoms with E-state index in [-0.39, 0.29) is 17.9 Å². The summed E-state index contributed by atoms with van der Waals surface area (Å²) in [6.07, 6.45) is -0.985. The van der Waals surface area contributed by atoms with Crippen LogP contribution in [-0.2, 0) is 16.1 Å². The number of hydrogen-bond acceptors (Lipinski definition) is 7. The van der Waals surface area contributed by atoms with E-state index in [0.717, 1.165) is 11.6 Å². The molecule has 0 saturated carbocycles. The molecule has 0 fully saturated rings. The average Bonchev–Trinajstić information content (AvgIpc) is 2.71. The minimum Gasteiger partial charge on any atom is -0.497 e. The van der Waals surface area contributed by atoms with Crippen LogP contribution in [0.5, 0.6) is 11.5 Å². The summed E-state index contributed by atoms with van der Waals surface area (Å²) in [4.78, 5) is 34.3. The minimum absolute atomic E-state index is 0.0122. The van der Waals surface area contributed by atoms with Gasteiger partial charge in [-0.05, 0) is 36.8 Å². The molecule has 148 valence electrons. The zero-order valence-electron chi connectivity index (χ0n) is 15.6. The van der Waals surface area contributed by atoms with Gasteiger partial charge in [0.05, 0.1) is 24.7 Å². The third-order valence-corrected chi connectivity index (χ3v) is 3.88. The molecule has 0 spiro atoms. The predicted molar refractivity (Wildman–Crippen MR) is 99.4 cm³/mol. The first-order valence-electron chi connectivity index (χ1n) is 8.29. The highest BCUT2D eigenvalue weighted by molar-refractivity contribution is 5.90. The highest BCUT2D eigenvalue weighted by Crippen LogP contribution is 2.29. The van der Waals surface area contributed by atoms with Crippen molar-refractivity contribution in [3.05, 3.63) is 63.7 Å². The number of amides is 1. The van der Waals surface area contributed by atoms with Crippen LogP contribution in [0.4, 0.5) is 5.69 Å². The SMILES string of the molecule is COC(=O)c1ccc(O[C@@H](C)C(=O)NCc2ccc(OC)cc2)c([N+](=O)[O-])c1. The van der Waals surface area contributed by atoms with Crippen LogP contribution in [0.25, 0.3) is 0 Å². The molecule has 28 heavy (non-hydrogen) atoms. The Balaban J connectivity index is 2.04. The van der Waals surface area contributed by atoms with Crippen molar-refractivity contribution < 1.29 is 28.7 Å². The fourth-order valence-electron chi connectivity index (χ4n) is 2.32. The molecular formula is C19H20N2O7. The van der Waals surface area contributed by atoms with E-state index in [9.17, 15) is 19.7 Å². The van der Waals surface area contributed by atoms with Crippen molar-refractivity contribution in [2.75, 3.05) is 14.2 Å². The van der Waals surface area contributed by atoms with E-state index in [1.807, 2.05) is 0 Å². The molecular weight excluding hydrogens is 368 g/mol. The van der Waals surface area contributed by atoms with Crippen LogP contribution in [0.15, 0.2) is 42.5 Å². The molecule has 9 heteroatoms. The van der Waals surface area contributed by atoms with Crippen LogP contribution < -0.4 is 14.8 Å². The number of carbonyl (C=O) groups is 2. The van der Waals surface area contributed by atoms with Gasteiger partial charge >= 0.3 is 11.7 Å². The molecule has 0 saturated heterocycles. The summed E-state index contributed by atoms with van der Waals surface area (Å²) >= 11 is 0. The largest absolute Gasteiger partial charge is 0.497 e. The van der Waals surface area contributed by atoms with Gasteiger partial charge in [0.25, 0.3) is 5.91 Å². The normalized spacial score (nSPS) is 11.2. The molecule has 9 nitrogen and oxygen atoms in total. The quantitative estimate of drug-likeness (QED) is 0.419. The van der Waals surface area contributed by atoms with Gasteiger partial charge in [0, 0.05) is 12.6 Å². The van der Waals surface area contributed by atoms with Crippen molar-refractivity contribution >= 4 is 17.6 Å². The number of esters is 1. The molecule has 0 aliphatic heterocycles. The second-order valence-corrected chi connectivity index (χ2v) is 5.76. The fraction of sp³-hybridized carbons (Fsp3) is 0.263. The highest BCUT2D eigenvalue weighted by Gasteiger charge is 2.23. The zero-order chi connectivity index (χ0) is 20.7. The number of nitro groups is 1. The summed E-state index contributed by atoms with van der Waals surface area (Å²) in [7, 11) is 2.74. The van der Waals surface area contributed by atoms with E-state index in [4.69, 9.17) is 9.47 Å². The van der Waals surface area contributed by atoms with Crippen LogP contribution in [-0.4, -0.2) is 37.1 Å². The number of hydrogen-bond donors (Lipinski definition) is 1. The molecule has 0 unspecified atom stereocenters. The lowest BCUT2D eigenvalue weighted by atomic mass is 10.2. The number of methoxy groups -OCH3 is 2. The number of ether oxygens (including phenoxy) is 3. The van der Waals surface area contributed by atoms with Crippen molar-refractivity contribution in [1.29, 1.82) is 0 Å². The van der Waals surface area contributed by atoms with E-state index in [1.54, 1.807) is 31.4 Å². The van der Waals surface area contributed by atoms with E-state index in [1.165, 1.54) is 26.2 Å². The van der Waals surface area contributed by atoms with Gasteiger partial charge in [0.2, 0.25) is 0 Å². The number of nitrogens with one attached hydrogen (secondary N) is 1. The Labute approximate surface area is 161 Å². The van der Waals surface area contributed by atoms with E-state index >= 15 is 0 Å². The smallest absolute Gasteiger partial charge is 0.338 e. The summed E-state index contributed by atoms with van der Waals surface area (Å²) < 4.78 is 15.0. The number of benzene rings is 2. The molecule has 0 bridgehead atoms. The first-order valence-corrected chi connectivity index (χ1v) is 8.29. The maximum atomic E-state index is 12.2. The molecule has 0 radical (unpaired) electrons. The van der Waals surface area contributed by atoms with Gasteiger partial charge in [-0.25, -0.2) is 4.79 Å². The van der Waals surface area contributed by atoms with Crippen LogP contribution >= 0.6 is 0 Å². The maximum absolute atomic E-state index is 12.2. The van der Waals surface area contributed by atoms with Gasteiger partial charge in [-0.15, -0.1) is 0 Å². The lowest BCUT2D eigenvalue weighted by Gasteiger charge is -2.15. The topological polar surface area (TPSA) is 117 Å². The monoisotopic (exact) mass is 388 g/mol. The molecule has 2 aromatic rings. The van der Waals surface area contributed by atoms with Crippen LogP contribution in [0.2, 0.25) is 0 Å². The molecule has 2 aromatic carbocycles. The Morgan fingerprint density at radius 3 is 2.39 bits per heavy atom. The van der Waals surface area contributed by atoms with Gasteiger partial charge in [0.1, 0.15) is 5.75 Å². The molecule has 0 aliphatic carbocycles. The third-order valence-electron chi connectivity index (χ3n) is 3.88. The fourth-order valence-corrected chi connectivity index (χ4v) is 2.32. The van der Waals surface area contributed by atoms with Crippen molar-refractivity contribution in [1.82, 2.24) is 5.32 Å². The lowest BCUT2D eigenvalue weighted by molar-refractivity contribution is -0.386. The Morgan fingerprint density at radius 2 is 1.82 bits per heavy atom. The molecule has 0 aliphatic rings. The molecule has 2 rings (SSSR count). The summed E-state index contributed by atoms with van der Waals surface area (Å²) in [5.74, 6) is -0.568. The van der Waals surface area contributed by atoms with Crippen molar-refractivity contribution in [3.63, 3.8) is 0 Å². The van der Waals surface area contributed by atoms with Gasteiger partial charge in [-0.2, -0.15) is 0 Å². The first-order chi connectivity index (χ1) is 13.3. The average molecular weight is 388 g/mol. The predicted octanol–water partition coefficient (Wildman–Crippen LogP) is 2.47. The van der Waals surface area contributed by atoms with Crippen LogP contribution in [0.3, 0.4) is 0 Å². The van der Waals surface area contributed by atoms with Crippen molar-refractivity contribution in [3.8, 4) is 11.5 Å². The summed E-state index contributed by atoms with van der Waals surface area (Å²) in [5, 5.41) is 14.0. The van der Waals surface area contributed by atoms with Gasteiger partial charge in [-0.3, -0.25) is 14.9 Å². The van der Waals surface area contributed by atoms with Gasteiger partial charge in [-0.1, -0.05) is 12.1 Å². The lowest BCUT2D eigenvalue weighted by Crippen LogP contribution is -2.36. The van der Waals surface area contributed by atoms with Crippen molar-refractivity contribution in [2.45, 2.75) is 19.6 Å². The Bertz CT molecular complexity index is 865. The number of nitrogens with zero attached hydrogens (tertiary/aromatic N) is 1. The molecule has 0 aromatic heterocycles. The van der Waals surface area contributed by atoms with Gasteiger partial charge < -0.3 is 19.5 Å². The number of rotatable bonds is 8. The summed E-state index contributed by atoms with van der Waals surface area (Å²) in [6.45, 7) is 1.74. The number of carbonyl (C=O) groups excluding carboxylic acids is 2. The van der Waals surface area contributed by atoms with Crippen LogP contribution in [0.1, 0.15) is 22.8 Å². The molecule has 1 amide bonds. The van der Waals surface area contributed by atoms with Crippen LogP contribution in [0, 0.1) is 10.1 Å². The second kappa shape index (κ2) is 9.36. The minimum atomic E-state index is -0.985. The highest BCUT2D eigenvalue weighted by atomic mass is 16.6. The van der Waals surface area contributed by atoms with E-state index in [0.29, 0.717) is 5.75 Å². The third kappa shape index (κ3) is 5.19.